The van der Waals surface area contributed by atoms with Crippen molar-refractivity contribution in [2.75, 3.05) is 0 Å². The molecule has 0 fully saturated rings. The first kappa shape index (κ1) is 13.4. The number of carboxylic acid groups (broad SMARTS) is 1. The maximum atomic E-state index is 10.8. The molecule has 14 heavy (non-hydrogen) atoms. The lowest BCUT2D eigenvalue weighted by molar-refractivity contribution is -0.143. The average Bonchev–Trinajstić information content (AvgIpc) is 2.03. The number of aliphatic carboxylic acids is 1. The number of rotatable bonds is 7. The van der Waals surface area contributed by atoms with Crippen LogP contribution in [0.1, 0.15) is 53.4 Å². The number of hydrogen-bond acceptors (Lipinski definition) is 2. The second kappa shape index (κ2) is 6.02. The summed E-state index contributed by atoms with van der Waals surface area (Å²) in [5.74, 6) is -0.792. The third kappa shape index (κ3) is 5.22. The second-order valence-electron chi connectivity index (χ2n) is 4.47. The van der Waals surface area contributed by atoms with Gasteiger partial charge in [-0.1, -0.05) is 26.2 Å². The molecule has 0 aromatic carbocycles. The summed E-state index contributed by atoms with van der Waals surface area (Å²) in [6.07, 6.45) is 4.64. The highest BCUT2D eigenvalue weighted by Gasteiger charge is 2.27. The Morgan fingerprint density at radius 1 is 1.43 bits per heavy atom. The van der Waals surface area contributed by atoms with E-state index in [4.69, 9.17) is 5.11 Å². The maximum absolute atomic E-state index is 10.8. The predicted molar refractivity (Wildman–Crippen MR) is 58.5 cm³/mol. The van der Waals surface area contributed by atoms with Crippen molar-refractivity contribution in [2.45, 2.75) is 65.0 Å². The van der Waals surface area contributed by atoms with Crippen molar-refractivity contribution in [2.24, 2.45) is 0 Å². The predicted octanol–water partition coefficient (Wildman–Crippen LogP) is 2.41. The normalized spacial score (nSPS) is 14.0. The Balaban J connectivity index is 3.81. The van der Waals surface area contributed by atoms with E-state index in [1.165, 1.54) is 19.3 Å². The molecule has 3 heteroatoms. The van der Waals surface area contributed by atoms with Crippen LogP contribution in [0.3, 0.4) is 0 Å². The number of hydrogen-bond donors (Lipinski definition) is 2. The summed E-state index contributed by atoms with van der Waals surface area (Å²) < 4.78 is 0. The fourth-order valence-electron chi connectivity index (χ4n) is 1.45. The Labute approximate surface area is 86.9 Å². The van der Waals surface area contributed by atoms with E-state index >= 15 is 0 Å². The Morgan fingerprint density at radius 3 is 2.43 bits per heavy atom. The topological polar surface area (TPSA) is 49.3 Å². The zero-order valence-corrected chi connectivity index (χ0v) is 9.76. The minimum Gasteiger partial charge on any atom is -0.480 e. The molecule has 0 spiro atoms. The largest absolute Gasteiger partial charge is 0.480 e. The molecule has 0 aromatic heterocycles. The van der Waals surface area contributed by atoms with E-state index in [-0.39, 0.29) is 6.04 Å². The Bertz CT molecular complexity index is 178. The van der Waals surface area contributed by atoms with Crippen LogP contribution in [0.15, 0.2) is 0 Å². The summed E-state index contributed by atoms with van der Waals surface area (Å²) in [5, 5.41) is 12.0. The summed E-state index contributed by atoms with van der Waals surface area (Å²) in [6.45, 7) is 7.61. The molecule has 0 bridgehead atoms. The minimum absolute atomic E-state index is 0.271. The van der Waals surface area contributed by atoms with E-state index in [0.29, 0.717) is 0 Å². The van der Waals surface area contributed by atoms with Gasteiger partial charge in [-0.25, -0.2) is 0 Å². The van der Waals surface area contributed by atoms with Gasteiger partial charge in [-0.3, -0.25) is 10.1 Å². The second-order valence-corrected chi connectivity index (χ2v) is 4.47. The monoisotopic (exact) mass is 201 g/mol. The van der Waals surface area contributed by atoms with Crippen LogP contribution in [-0.2, 0) is 4.79 Å². The molecule has 0 aliphatic rings. The van der Waals surface area contributed by atoms with Crippen LogP contribution in [0.4, 0.5) is 0 Å². The molecular formula is C11H23NO2. The van der Waals surface area contributed by atoms with Gasteiger partial charge in [0.25, 0.3) is 0 Å². The van der Waals surface area contributed by atoms with Gasteiger partial charge in [-0.05, 0) is 27.2 Å². The molecule has 0 heterocycles. The molecule has 0 rings (SSSR count). The van der Waals surface area contributed by atoms with E-state index in [0.717, 1.165) is 6.42 Å². The maximum Gasteiger partial charge on any atom is 0.323 e. The van der Waals surface area contributed by atoms with Gasteiger partial charge in [-0.15, -0.1) is 0 Å². The van der Waals surface area contributed by atoms with E-state index in [9.17, 15) is 4.79 Å². The van der Waals surface area contributed by atoms with Crippen molar-refractivity contribution in [1.29, 1.82) is 0 Å². The third-order valence-corrected chi connectivity index (χ3v) is 2.38. The van der Waals surface area contributed by atoms with Crippen LogP contribution in [0.5, 0.6) is 0 Å². The lowest BCUT2D eigenvalue weighted by Gasteiger charge is -2.26. The Kier molecular flexibility index (Phi) is 5.77. The minimum atomic E-state index is -0.814. The third-order valence-electron chi connectivity index (χ3n) is 2.38. The molecule has 84 valence electrons. The molecule has 3 nitrogen and oxygen atoms in total. The smallest absolute Gasteiger partial charge is 0.323 e. The van der Waals surface area contributed by atoms with Gasteiger partial charge in [0.05, 0.1) is 0 Å². The van der Waals surface area contributed by atoms with E-state index in [1.54, 1.807) is 13.8 Å². The number of unbranched alkanes of at least 4 members (excludes halogenated alkanes) is 2. The molecule has 0 aromatic rings. The lowest BCUT2D eigenvalue weighted by Crippen LogP contribution is -2.50. The van der Waals surface area contributed by atoms with E-state index < -0.39 is 11.5 Å². The van der Waals surface area contributed by atoms with Crippen molar-refractivity contribution >= 4 is 5.97 Å². The highest BCUT2D eigenvalue weighted by Crippen LogP contribution is 2.08. The van der Waals surface area contributed by atoms with Crippen molar-refractivity contribution in [3.63, 3.8) is 0 Å². The zero-order chi connectivity index (χ0) is 11.2. The van der Waals surface area contributed by atoms with Crippen LogP contribution < -0.4 is 5.32 Å². The molecular weight excluding hydrogens is 178 g/mol. The zero-order valence-electron chi connectivity index (χ0n) is 9.76. The van der Waals surface area contributed by atoms with Crippen molar-refractivity contribution in [3.05, 3.63) is 0 Å². The van der Waals surface area contributed by atoms with Crippen molar-refractivity contribution in [3.8, 4) is 0 Å². The molecule has 0 radical (unpaired) electrons. The first-order valence-electron chi connectivity index (χ1n) is 5.41. The summed E-state index contributed by atoms with van der Waals surface area (Å²) in [6, 6.07) is 0.271. The molecule has 0 saturated carbocycles. The number of nitrogens with one attached hydrogen (secondary N) is 1. The average molecular weight is 201 g/mol. The lowest BCUT2D eigenvalue weighted by atomic mass is 10.0. The van der Waals surface area contributed by atoms with Crippen LogP contribution >= 0.6 is 0 Å². The van der Waals surface area contributed by atoms with Gasteiger partial charge < -0.3 is 5.11 Å². The molecule has 0 saturated heterocycles. The number of carboxylic acids is 1. The van der Waals surface area contributed by atoms with Gasteiger partial charge in [0.2, 0.25) is 0 Å². The van der Waals surface area contributed by atoms with Gasteiger partial charge in [-0.2, -0.15) is 0 Å². The highest BCUT2D eigenvalue weighted by molar-refractivity contribution is 5.77. The van der Waals surface area contributed by atoms with Crippen LogP contribution in [0.2, 0.25) is 0 Å². The van der Waals surface area contributed by atoms with E-state index in [2.05, 4.69) is 12.2 Å². The standard InChI is InChI=1S/C11H23NO2/c1-5-6-7-8-9(2)12-11(3,4)10(13)14/h9,12H,5-8H2,1-4H3,(H,13,14). The van der Waals surface area contributed by atoms with Crippen molar-refractivity contribution in [1.82, 2.24) is 5.32 Å². The molecule has 0 aliphatic carbocycles. The SMILES string of the molecule is CCCCCC(C)NC(C)(C)C(=O)O. The first-order chi connectivity index (χ1) is 6.40. The fraction of sp³-hybridized carbons (Fsp3) is 0.909. The first-order valence-corrected chi connectivity index (χ1v) is 5.41. The highest BCUT2D eigenvalue weighted by atomic mass is 16.4. The summed E-state index contributed by atoms with van der Waals surface area (Å²) in [7, 11) is 0. The summed E-state index contributed by atoms with van der Waals surface area (Å²) in [4.78, 5) is 10.8. The molecule has 0 aliphatic heterocycles. The van der Waals surface area contributed by atoms with Crippen LogP contribution in [-0.4, -0.2) is 22.7 Å². The number of carbonyl (C=O) groups is 1. The summed E-state index contributed by atoms with van der Waals surface area (Å²) >= 11 is 0. The van der Waals surface area contributed by atoms with E-state index in [1.807, 2.05) is 6.92 Å². The Morgan fingerprint density at radius 2 is 2.00 bits per heavy atom. The Hall–Kier alpha value is -0.570. The van der Waals surface area contributed by atoms with Gasteiger partial charge in [0.1, 0.15) is 5.54 Å². The quantitative estimate of drug-likeness (QED) is 0.622. The summed E-state index contributed by atoms with van der Waals surface area (Å²) in [5.41, 5.74) is -0.814. The van der Waals surface area contributed by atoms with Crippen LogP contribution in [0, 0.1) is 0 Å². The molecule has 1 atom stereocenters. The van der Waals surface area contributed by atoms with Crippen molar-refractivity contribution < 1.29 is 9.90 Å². The van der Waals surface area contributed by atoms with Gasteiger partial charge in [0.15, 0.2) is 0 Å². The fourth-order valence-corrected chi connectivity index (χ4v) is 1.45. The molecule has 2 N–H and O–H groups in total. The van der Waals surface area contributed by atoms with Gasteiger partial charge >= 0.3 is 5.97 Å². The molecule has 1 unspecified atom stereocenters. The van der Waals surface area contributed by atoms with Crippen LogP contribution in [0.25, 0.3) is 0 Å². The molecule has 0 amide bonds. The van der Waals surface area contributed by atoms with Gasteiger partial charge in [0, 0.05) is 6.04 Å².